The van der Waals surface area contributed by atoms with Crippen LogP contribution in [-0.4, -0.2) is 11.7 Å². The molecule has 0 aromatic rings. The van der Waals surface area contributed by atoms with Crippen LogP contribution in [0.3, 0.4) is 0 Å². The van der Waals surface area contributed by atoms with E-state index >= 15 is 0 Å². The highest BCUT2D eigenvalue weighted by atomic mass is 16.5. The average molecular weight is 184 g/mol. The van der Waals surface area contributed by atoms with Gasteiger partial charge in [0.05, 0.1) is 11.7 Å². The highest BCUT2D eigenvalue weighted by molar-refractivity contribution is 4.89. The van der Waals surface area contributed by atoms with Gasteiger partial charge in [-0.1, -0.05) is 32.4 Å². The van der Waals surface area contributed by atoms with Gasteiger partial charge in [0.25, 0.3) is 0 Å². The van der Waals surface area contributed by atoms with Gasteiger partial charge in [-0.15, -0.1) is 0 Å². The summed E-state index contributed by atoms with van der Waals surface area (Å²) >= 11 is 0. The molecule has 0 heterocycles. The predicted octanol–water partition coefficient (Wildman–Crippen LogP) is 3.94. The molecule has 78 valence electrons. The van der Waals surface area contributed by atoms with E-state index in [2.05, 4.69) is 46.8 Å². The Morgan fingerprint density at radius 1 is 1.23 bits per heavy atom. The number of unbranched alkanes of at least 4 members (excludes halogenated alkanes) is 1. The van der Waals surface area contributed by atoms with Gasteiger partial charge in [-0.2, -0.15) is 0 Å². The minimum absolute atomic E-state index is 0.0305. The maximum atomic E-state index is 5.85. The Balaban J connectivity index is 3.89. The first-order valence-corrected chi connectivity index (χ1v) is 5.34. The molecule has 1 atom stereocenters. The zero-order chi connectivity index (χ0) is 10.3. The molecule has 0 fully saturated rings. The Labute approximate surface area is 83.2 Å². The quantitative estimate of drug-likeness (QED) is 0.588. The Kier molecular flexibility index (Phi) is 6.06. The minimum atomic E-state index is -0.0305. The molecular weight excluding hydrogens is 160 g/mol. The Hall–Kier alpha value is -0.300. The summed E-state index contributed by atoms with van der Waals surface area (Å²) in [5.41, 5.74) is -0.0305. The number of ether oxygens (including phenoxy) is 1. The fourth-order valence-electron chi connectivity index (χ4n) is 1.13. The van der Waals surface area contributed by atoms with Crippen molar-refractivity contribution in [1.29, 1.82) is 0 Å². The molecule has 0 saturated carbocycles. The van der Waals surface area contributed by atoms with Gasteiger partial charge < -0.3 is 4.74 Å². The monoisotopic (exact) mass is 184 g/mol. The Bertz CT molecular complexity index is 142. The Morgan fingerprint density at radius 2 is 1.85 bits per heavy atom. The third-order valence-electron chi connectivity index (χ3n) is 1.71. The largest absolute Gasteiger partial charge is 0.369 e. The third-order valence-corrected chi connectivity index (χ3v) is 1.71. The van der Waals surface area contributed by atoms with Crippen molar-refractivity contribution in [3.05, 3.63) is 12.2 Å². The van der Waals surface area contributed by atoms with E-state index in [4.69, 9.17) is 4.74 Å². The molecule has 0 aliphatic carbocycles. The molecule has 0 aliphatic rings. The first-order chi connectivity index (χ1) is 5.99. The van der Waals surface area contributed by atoms with E-state index in [9.17, 15) is 0 Å². The van der Waals surface area contributed by atoms with Crippen molar-refractivity contribution >= 4 is 0 Å². The zero-order valence-electron chi connectivity index (χ0n) is 9.76. The fraction of sp³-hybridized carbons (Fsp3) is 0.833. The van der Waals surface area contributed by atoms with Crippen LogP contribution < -0.4 is 0 Å². The lowest BCUT2D eigenvalue weighted by Gasteiger charge is -2.24. The summed E-state index contributed by atoms with van der Waals surface area (Å²) in [6.07, 6.45) is 8.12. The second-order valence-electron chi connectivity index (χ2n) is 4.39. The molecule has 0 N–H and O–H groups in total. The highest BCUT2D eigenvalue weighted by Crippen LogP contribution is 2.14. The van der Waals surface area contributed by atoms with Crippen LogP contribution in [0.4, 0.5) is 0 Å². The molecule has 0 bridgehead atoms. The lowest BCUT2D eigenvalue weighted by molar-refractivity contribution is -0.0391. The topological polar surface area (TPSA) is 9.23 Å². The van der Waals surface area contributed by atoms with Gasteiger partial charge in [0.15, 0.2) is 0 Å². The van der Waals surface area contributed by atoms with Gasteiger partial charge in [0.1, 0.15) is 0 Å². The number of hydrogen-bond acceptors (Lipinski definition) is 1. The van der Waals surface area contributed by atoms with E-state index in [-0.39, 0.29) is 11.7 Å². The maximum Gasteiger partial charge on any atom is 0.0760 e. The fourth-order valence-corrected chi connectivity index (χ4v) is 1.13. The van der Waals surface area contributed by atoms with Crippen molar-refractivity contribution < 1.29 is 4.74 Å². The number of hydrogen-bond donors (Lipinski definition) is 0. The van der Waals surface area contributed by atoms with Crippen LogP contribution in [0, 0.1) is 0 Å². The van der Waals surface area contributed by atoms with Crippen LogP contribution in [0.15, 0.2) is 12.2 Å². The second-order valence-corrected chi connectivity index (χ2v) is 4.39. The van der Waals surface area contributed by atoms with Crippen molar-refractivity contribution in [3.8, 4) is 0 Å². The zero-order valence-corrected chi connectivity index (χ0v) is 9.76. The van der Waals surface area contributed by atoms with Crippen molar-refractivity contribution in [2.45, 2.75) is 65.6 Å². The molecule has 0 aromatic heterocycles. The lowest BCUT2D eigenvalue weighted by Crippen LogP contribution is -2.25. The van der Waals surface area contributed by atoms with Crippen LogP contribution >= 0.6 is 0 Å². The van der Waals surface area contributed by atoms with Gasteiger partial charge in [-0.3, -0.25) is 0 Å². The summed E-state index contributed by atoms with van der Waals surface area (Å²) in [6, 6.07) is 0. The standard InChI is InChI=1S/C12H24O/c1-6-8-9-10-11(7-2)13-12(3,4)5/h9-11H,6-8H2,1-5H3/b10-9-. The molecule has 13 heavy (non-hydrogen) atoms. The summed E-state index contributed by atoms with van der Waals surface area (Å²) < 4.78 is 5.85. The van der Waals surface area contributed by atoms with Crippen LogP contribution in [0.2, 0.25) is 0 Å². The smallest absolute Gasteiger partial charge is 0.0760 e. The van der Waals surface area contributed by atoms with Crippen LogP contribution in [-0.2, 0) is 4.74 Å². The van der Waals surface area contributed by atoms with E-state index in [1.165, 1.54) is 6.42 Å². The van der Waals surface area contributed by atoms with Gasteiger partial charge in [-0.05, 0) is 33.6 Å². The van der Waals surface area contributed by atoms with Crippen LogP contribution in [0.1, 0.15) is 53.9 Å². The van der Waals surface area contributed by atoms with Gasteiger partial charge >= 0.3 is 0 Å². The normalized spacial score (nSPS) is 15.2. The minimum Gasteiger partial charge on any atom is -0.369 e. The first-order valence-electron chi connectivity index (χ1n) is 5.34. The molecule has 0 radical (unpaired) electrons. The SMILES string of the molecule is CCC/C=C\C(CC)OC(C)(C)C. The van der Waals surface area contributed by atoms with Gasteiger partial charge in [-0.25, -0.2) is 0 Å². The van der Waals surface area contributed by atoms with Gasteiger partial charge in [0.2, 0.25) is 0 Å². The van der Waals surface area contributed by atoms with E-state index in [1.54, 1.807) is 0 Å². The van der Waals surface area contributed by atoms with Crippen LogP contribution in [0.25, 0.3) is 0 Å². The molecule has 0 amide bonds. The van der Waals surface area contributed by atoms with Gasteiger partial charge in [0, 0.05) is 0 Å². The van der Waals surface area contributed by atoms with Crippen LogP contribution in [0.5, 0.6) is 0 Å². The van der Waals surface area contributed by atoms with E-state index in [0.29, 0.717) is 0 Å². The molecule has 0 rings (SSSR count). The molecule has 0 saturated heterocycles. The van der Waals surface area contributed by atoms with Crippen molar-refractivity contribution in [2.75, 3.05) is 0 Å². The summed E-state index contributed by atoms with van der Waals surface area (Å²) in [6.45, 7) is 10.7. The molecule has 1 unspecified atom stereocenters. The maximum absolute atomic E-state index is 5.85. The van der Waals surface area contributed by atoms with Crippen molar-refractivity contribution in [2.24, 2.45) is 0 Å². The number of allylic oxidation sites excluding steroid dienone is 1. The van der Waals surface area contributed by atoms with E-state index < -0.39 is 0 Å². The van der Waals surface area contributed by atoms with E-state index in [1.807, 2.05) is 0 Å². The Morgan fingerprint density at radius 3 is 2.23 bits per heavy atom. The van der Waals surface area contributed by atoms with Crippen molar-refractivity contribution in [3.63, 3.8) is 0 Å². The highest BCUT2D eigenvalue weighted by Gasteiger charge is 2.14. The summed E-state index contributed by atoms with van der Waals surface area (Å²) in [4.78, 5) is 0. The molecular formula is C12H24O. The van der Waals surface area contributed by atoms with E-state index in [0.717, 1.165) is 12.8 Å². The molecule has 0 spiro atoms. The molecule has 0 aliphatic heterocycles. The molecule has 0 aromatic carbocycles. The summed E-state index contributed by atoms with van der Waals surface area (Å²) in [5, 5.41) is 0. The third kappa shape index (κ3) is 8.04. The lowest BCUT2D eigenvalue weighted by atomic mass is 10.1. The predicted molar refractivity (Wildman–Crippen MR) is 59.0 cm³/mol. The summed E-state index contributed by atoms with van der Waals surface area (Å²) in [5.74, 6) is 0. The molecule has 1 heteroatoms. The molecule has 1 nitrogen and oxygen atoms in total. The second kappa shape index (κ2) is 6.20. The van der Waals surface area contributed by atoms with Crippen molar-refractivity contribution in [1.82, 2.24) is 0 Å². The number of rotatable bonds is 5. The summed E-state index contributed by atoms with van der Waals surface area (Å²) in [7, 11) is 0. The average Bonchev–Trinajstić information content (AvgIpc) is 2.01. The first kappa shape index (κ1) is 12.7.